The van der Waals surface area contributed by atoms with Gasteiger partial charge >= 0.3 is 0 Å². The molecule has 1 atom stereocenters. The molecule has 1 heterocycles. The van der Waals surface area contributed by atoms with E-state index in [0.717, 1.165) is 25.1 Å². The quantitative estimate of drug-likeness (QED) is 0.794. The number of benzene rings is 1. The summed E-state index contributed by atoms with van der Waals surface area (Å²) < 4.78 is 5.35. The van der Waals surface area contributed by atoms with E-state index in [2.05, 4.69) is 4.90 Å². The van der Waals surface area contributed by atoms with Crippen LogP contribution >= 0.6 is 0 Å². The number of likely N-dealkylation sites (tertiary alicyclic amines) is 1. The molecule has 0 amide bonds. The van der Waals surface area contributed by atoms with Gasteiger partial charge in [-0.15, -0.1) is 0 Å². The predicted molar refractivity (Wildman–Crippen MR) is 73.6 cm³/mol. The van der Waals surface area contributed by atoms with Gasteiger partial charge in [-0.1, -0.05) is 0 Å². The molecule has 1 N–H and O–H groups in total. The third kappa shape index (κ3) is 3.55. The van der Waals surface area contributed by atoms with Crippen molar-refractivity contribution in [2.45, 2.75) is 25.8 Å². The van der Waals surface area contributed by atoms with E-state index in [1.54, 1.807) is 12.1 Å². The zero-order valence-corrected chi connectivity index (χ0v) is 11.3. The van der Waals surface area contributed by atoms with Crippen LogP contribution in [0.25, 0.3) is 0 Å². The van der Waals surface area contributed by atoms with Gasteiger partial charge in [-0.05, 0) is 50.6 Å². The Kier molecular flexibility index (Phi) is 4.93. The third-order valence-corrected chi connectivity index (χ3v) is 3.54. The lowest BCUT2D eigenvalue weighted by Gasteiger charge is -2.21. The number of carbonyl (C=O) groups excluding carboxylic acids is 1. The van der Waals surface area contributed by atoms with Crippen molar-refractivity contribution in [3.63, 3.8) is 0 Å². The third-order valence-electron chi connectivity index (χ3n) is 3.54. The molecule has 104 valence electrons. The highest BCUT2D eigenvalue weighted by molar-refractivity contribution is 5.97. The number of ether oxygens (including phenoxy) is 1. The van der Waals surface area contributed by atoms with Gasteiger partial charge in [-0.25, -0.2) is 0 Å². The normalized spacial score (nSPS) is 19.6. The first-order valence-electron chi connectivity index (χ1n) is 6.85. The largest absolute Gasteiger partial charge is 0.494 e. The molecule has 2 rings (SSSR count). The Morgan fingerprint density at radius 2 is 2.16 bits per heavy atom. The summed E-state index contributed by atoms with van der Waals surface area (Å²) in [5, 5.41) is 9.25. The van der Waals surface area contributed by atoms with Crippen LogP contribution in [0.15, 0.2) is 24.3 Å². The lowest BCUT2D eigenvalue weighted by atomic mass is 10.1. The van der Waals surface area contributed by atoms with Gasteiger partial charge in [0, 0.05) is 11.6 Å². The van der Waals surface area contributed by atoms with E-state index in [1.165, 1.54) is 0 Å². The van der Waals surface area contributed by atoms with Gasteiger partial charge in [-0.2, -0.15) is 0 Å². The van der Waals surface area contributed by atoms with Gasteiger partial charge in [-0.3, -0.25) is 9.69 Å². The Balaban J connectivity index is 1.95. The SMILES string of the molecule is CCOc1ccc(C(=O)CN2CCCC2CO)cc1. The number of Topliss-reactive ketones (excluding diaryl/α,β-unsaturated/α-hetero) is 1. The summed E-state index contributed by atoms with van der Waals surface area (Å²) in [5.74, 6) is 0.886. The van der Waals surface area contributed by atoms with Crippen molar-refractivity contribution < 1.29 is 14.6 Å². The van der Waals surface area contributed by atoms with Crippen LogP contribution in [0.4, 0.5) is 0 Å². The molecule has 1 aliphatic heterocycles. The monoisotopic (exact) mass is 263 g/mol. The summed E-state index contributed by atoms with van der Waals surface area (Å²) in [4.78, 5) is 14.2. The van der Waals surface area contributed by atoms with E-state index >= 15 is 0 Å². The van der Waals surface area contributed by atoms with Crippen LogP contribution in [0.2, 0.25) is 0 Å². The van der Waals surface area contributed by atoms with E-state index in [-0.39, 0.29) is 18.4 Å². The van der Waals surface area contributed by atoms with Crippen LogP contribution in [0.5, 0.6) is 5.75 Å². The lowest BCUT2D eigenvalue weighted by molar-refractivity contribution is 0.0888. The number of carbonyl (C=O) groups is 1. The number of rotatable bonds is 6. The van der Waals surface area contributed by atoms with Crippen molar-refractivity contribution in [3.8, 4) is 5.75 Å². The molecule has 1 aromatic rings. The van der Waals surface area contributed by atoms with E-state index < -0.39 is 0 Å². The molecule has 0 aromatic heterocycles. The fourth-order valence-corrected chi connectivity index (χ4v) is 2.49. The molecule has 0 aliphatic carbocycles. The highest BCUT2D eigenvalue weighted by Crippen LogP contribution is 2.18. The van der Waals surface area contributed by atoms with E-state index in [0.29, 0.717) is 18.7 Å². The van der Waals surface area contributed by atoms with Gasteiger partial charge in [0.25, 0.3) is 0 Å². The first-order valence-corrected chi connectivity index (χ1v) is 6.85. The Morgan fingerprint density at radius 1 is 1.42 bits per heavy atom. The minimum Gasteiger partial charge on any atom is -0.494 e. The van der Waals surface area contributed by atoms with Gasteiger partial charge < -0.3 is 9.84 Å². The number of hydrogen-bond donors (Lipinski definition) is 1. The first-order chi connectivity index (χ1) is 9.24. The Hall–Kier alpha value is -1.39. The second kappa shape index (κ2) is 6.68. The summed E-state index contributed by atoms with van der Waals surface area (Å²) in [6.45, 7) is 3.98. The maximum atomic E-state index is 12.2. The predicted octanol–water partition coefficient (Wildman–Crippen LogP) is 1.72. The van der Waals surface area contributed by atoms with Crippen LogP contribution in [0.1, 0.15) is 30.1 Å². The van der Waals surface area contributed by atoms with E-state index in [9.17, 15) is 9.90 Å². The van der Waals surface area contributed by atoms with Gasteiger partial charge in [0.15, 0.2) is 5.78 Å². The topological polar surface area (TPSA) is 49.8 Å². The zero-order chi connectivity index (χ0) is 13.7. The summed E-state index contributed by atoms with van der Waals surface area (Å²) in [6, 6.07) is 7.40. The molecule has 0 spiro atoms. The summed E-state index contributed by atoms with van der Waals surface area (Å²) >= 11 is 0. The van der Waals surface area contributed by atoms with E-state index in [1.807, 2.05) is 19.1 Å². The van der Waals surface area contributed by atoms with Crippen molar-refractivity contribution in [1.82, 2.24) is 4.90 Å². The smallest absolute Gasteiger partial charge is 0.176 e. The average molecular weight is 263 g/mol. The maximum Gasteiger partial charge on any atom is 0.176 e. The molecule has 0 radical (unpaired) electrons. The Morgan fingerprint density at radius 3 is 2.79 bits per heavy atom. The average Bonchev–Trinajstić information content (AvgIpc) is 2.87. The number of aliphatic hydroxyl groups is 1. The zero-order valence-electron chi connectivity index (χ0n) is 11.3. The van der Waals surface area contributed by atoms with Crippen molar-refractivity contribution in [2.75, 3.05) is 26.3 Å². The second-order valence-electron chi connectivity index (χ2n) is 4.83. The van der Waals surface area contributed by atoms with Gasteiger partial charge in [0.2, 0.25) is 0 Å². The standard InChI is InChI=1S/C15H21NO3/c1-2-19-14-7-5-12(6-8-14)15(18)10-16-9-3-4-13(16)11-17/h5-8,13,17H,2-4,9-11H2,1H3. The summed E-state index contributed by atoms with van der Waals surface area (Å²) in [5.41, 5.74) is 0.701. The minimum absolute atomic E-state index is 0.100. The number of ketones is 1. The van der Waals surface area contributed by atoms with Crippen molar-refractivity contribution in [2.24, 2.45) is 0 Å². The molecule has 0 bridgehead atoms. The van der Waals surface area contributed by atoms with Crippen LogP contribution in [0.3, 0.4) is 0 Å². The molecule has 1 fully saturated rings. The molecular formula is C15H21NO3. The molecule has 0 saturated carbocycles. The second-order valence-corrected chi connectivity index (χ2v) is 4.83. The van der Waals surface area contributed by atoms with Crippen LogP contribution in [-0.4, -0.2) is 48.1 Å². The molecule has 1 aliphatic rings. The molecular weight excluding hydrogens is 242 g/mol. The molecule has 1 aromatic carbocycles. The number of nitrogens with zero attached hydrogens (tertiary/aromatic N) is 1. The molecule has 4 nitrogen and oxygen atoms in total. The lowest BCUT2D eigenvalue weighted by Crippen LogP contribution is -2.36. The summed E-state index contributed by atoms with van der Waals surface area (Å²) in [6.07, 6.45) is 2.04. The molecule has 1 saturated heterocycles. The maximum absolute atomic E-state index is 12.2. The van der Waals surface area contributed by atoms with Crippen molar-refractivity contribution in [3.05, 3.63) is 29.8 Å². The van der Waals surface area contributed by atoms with Crippen molar-refractivity contribution >= 4 is 5.78 Å². The molecule has 1 unspecified atom stereocenters. The van der Waals surface area contributed by atoms with Gasteiger partial charge in [0.05, 0.1) is 19.8 Å². The highest BCUT2D eigenvalue weighted by Gasteiger charge is 2.25. The number of hydrogen-bond acceptors (Lipinski definition) is 4. The molecule has 4 heteroatoms. The van der Waals surface area contributed by atoms with Gasteiger partial charge in [0.1, 0.15) is 5.75 Å². The van der Waals surface area contributed by atoms with Crippen LogP contribution in [0, 0.1) is 0 Å². The fraction of sp³-hybridized carbons (Fsp3) is 0.533. The highest BCUT2D eigenvalue weighted by atomic mass is 16.5. The Bertz CT molecular complexity index is 416. The fourth-order valence-electron chi connectivity index (χ4n) is 2.49. The van der Waals surface area contributed by atoms with Crippen molar-refractivity contribution in [1.29, 1.82) is 0 Å². The first kappa shape index (κ1) is 14.0. The van der Waals surface area contributed by atoms with Crippen LogP contribution in [-0.2, 0) is 0 Å². The van der Waals surface area contributed by atoms with Crippen LogP contribution < -0.4 is 4.74 Å². The molecule has 19 heavy (non-hydrogen) atoms. The minimum atomic E-state index is 0.100. The summed E-state index contributed by atoms with van der Waals surface area (Å²) in [7, 11) is 0. The van der Waals surface area contributed by atoms with E-state index in [4.69, 9.17) is 4.74 Å². The Labute approximate surface area is 114 Å². The number of aliphatic hydroxyl groups excluding tert-OH is 1.